The molecule has 3 rings (SSSR count). The van der Waals surface area contributed by atoms with Crippen molar-refractivity contribution < 1.29 is 4.79 Å². The van der Waals surface area contributed by atoms with Crippen LogP contribution in [0.2, 0.25) is 0 Å². The summed E-state index contributed by atoms with van der Waals surface area (Å²) in [4.78, 5) is 23.1. The highest BCUT2D eigenvalue weighted by Crippen LogP contribution is 2.27. The molecule has 2 fully saturated rings. The van der Waals surface area contributed by atoms with Gasteiger partial charge in [0.25, 0.3) is 0 Å². The maximum Gasteiger partial charge on any atom is 0.225 e. The van der Waals surface area contributed by atoms with Crippen LogP contribution >= 0.6 is 24.0 Å². The van der Waals surface area contributed by atoms with Crippen LogP contribution in [0.15, 0.2) is 29.4 Å². The molecule has 0 aromatic carbocycles. The Morgan fingerprint density at radius 2 is 2.12 bits per heavy atom. The molecule has 1 saturated carbocycles. The molecule has 2 aliphatic rings. The number of hydrogen-bond donors (Lipinski definition) is 2. The number of nitrogens with zero attached hydrogens (tertiary/aromatic N) is 3. The number of amides is 1. The third kappa shape index (κ3) is 5.55. The van der Waals surface area contributed by atoms with E-state index in [1.54, 1.807) is 13.2 Å². The number of likely N-dealkylation sites (tertiary alicyclic amines) is 1. The zero-order chi connectivity index (χ0) is 16.8. The van der Waals surface area contributed by atoms with Crippen molar-refractivity contribution in [1.82, 2.24) is 20.5 Å². The van der Waals surface area contributed by atoms with Gasteiger partial charge in [0.05, 0.1) is 12.2 Å². The Balaban J connectivity index is 0.00000225. The van der Waals surface area contributed by atoms with Crippen molar-refractivity contribution in [2.75, 3.05) is 20.1 Å². The Kier molecular flexibility index (Phi) is 7.92. The van der Waals surface area contributed by atoms with Gasteiger partial charge in [-0.15, -0.1) is 24.0 Å². The monoisotopic (exact) mass is 457 g/mol. The number of pyridine rings is 1. The smallest absolute Gasteiger partial charge is 0.225 e. The number of carbonyl (C=O) groups excluding carboxylic acids is 1. The molecular weight excluding hydrogens is 429 g/mol. The standard InChI is InChI=1S/C18H27N5O.HI/c1-19-18(21-12-15-8-4-5-10-20-15)22-16-9-11-23(13-16)17(24)14-6-2-3-7-14;/h4-5,8,10,14,16H,2-3,6-7,9,11-13H2,1H3,(H2,19,21,22);1H. The summed E-state index contributed by atoms with van der Waals surface area (Å²) < 4.78 is 0. The first-order chi connectivity index (χ1) is 11.8. The first kappa shape index (κ1) is 19.9. The lowest BCUT2D eigenvalue weighted by Gasteiger charge is -2.21. The number of hydrogen-bond acceptors (Lipinski definition) is 3. The van der Waals surface area contributed by atoms with E-state index in [0.29, 0.717) is 12.5 Å². The average molecular weight is 457 g/mol. The van der Waals surface area contributed by atoms with Crippen LogP contribution in [0.1, 0.15) is 37.8 Å². The van der Waals surface area contributed by atoms with Gasteiger partial charge in [-0.2, -0.15) is 0 Å². The minimum absolute atomic E-state index is 0. The van der Waals surface area contributed by atoms with Crippen LogP contribution in [0.3, 0.4) is 0 Å². The summed E-state index contributed by atoms with van der Waals surface area (Å²) in [6.45, 7) is 2.27. The summed E-state index contributed by atoms with van der Waals surface area (Å²) in [5, 5.41) is 6.71. The maximum atomic E-state index is 12.5. The predicted molar refractivity (Wildman–Crippen MR) is 110 cm³/mol. The summed E-state index contributed by atoms with van der Waals surface area (Å²) in [6.07, 6.45) is 7.31. The molecule has 0 spiro atoms. The molecule has 1 aromatic heterocycles. The zero-order valence-electron chi connectivity index (χ0n) is 14.8. The summed E-state index contributed by atoms with van der Waals surface area (Å²) >= 11 is 0. The zero-order valence-corrected chi connectivity index (χ0v) is 17.1. The molecule has 0 radical (unpaired) electrons. The second-order valence-electron chi connectivity index (χ2n) is 6.64. The molecule has 1 atom stereocenters. The van der Waals surface area contributed by atoms with Gasteiger partial charge in [-0.3, -0.25) is 14.8 Å². The molecule has 2 N–H and O–H groups in total. The van der Waals surface area contributed by atoms with Crippen LogP contribution in [-0.4, -0.2) is 47.9 Å². The van der Waals surface area contributed by atoms with Crippen molar-refractivity contribution in [3.8, 4) is 0 Å². The lowest BCUT2D eigenvalue weighted by molar-refractivity contribution is -0.134. The third-order valence-electron chi connectivity index (χ3n) is 4.93. The van der Waals surface area contributed by atoms with E-state index in [9.17, 15) is 4.79 Å². The second-order valence-corrected chi connectivity index (χ2v) is 6.64. The second kappa shape index (κ2) is 9.94. The number of rotatable bonds is 4. The van der Waals surface area contributed by atoms with Crippen molar-refractivity contribution in [2.24, 2.45) is 10.9 Å². The van der Waals surface area contributed by atoms with Gasteiger partial charge in [0.1, 0.15) is 0 Å². The van der Waals surface area contributed by atoms with Gasteiger partial charge in [0, 0.05) is 38.3 Å². The number of nitrogens with one attached hydrogen (secondary N) is 2. The van der Waals surface area contributed by atoms with E-state index in [-0.39, 0.29) is 35.9 Å². The van der Waals surface area contributed by atoms with Gasteiger partial charge in [0.2, 0.25) is 5.91 Å². The largest absolute Gasteiger partial charge is 0.352 e. The fourth-order valence-corrected chi connectivity index (χ4v) is 3.57. The molecule has 0 bridgehead atoms. The maximum absolute atomic E-state index is 12.5. The summed E-state index contributed by atoms with van der Waals surface area (Å²) in [7, 11) is 1.77. The van der Waals surface area contributed by atoms with E-state index in [1.807, 2.05) is 23.1 Å². The number of guanidine groups is 1. The quantitative estimate of drug-likeness (QED) is 0.413. The van der Waals surface area contributed by atoms with Gasteiger partial charge in [-0.25, -0.2) is 0 Å². The van der Waals surface area contributed by atoms with Crippen LogP contribution in [-0.2, 0) is 11.3 Å². The highest BCUT2D eigenvalue weighted by atomic mass is 127. The van der Waals surface area contributed by atoms with Gasteiger partial charge in [-0.1, -0.05) is 18.9 Å². The molecule has 1 aliphatic carbocycles. The molecule has 7 heteroatoms. The minimum atomic E-state index is 0. The number of carbonyl (C=O) groups is 1. The normalized spacial score (nSPS) is 21.1. The molecule has 1 unspecified atom stereocenters. The summed E-state index contributed by atoms with van der Waals surface area (Å²) in [6, 6.07) is 6.14. The fraction of sp³-hybridized carbons (Fsp3) is 0.611. The highest BCUT2D eigenvalue weighted by Gasteiger charge is 2.32. The van der Waals surface area contributed by atoms with Crippen molar-refractivity contribution in [2.45, 2.75) is 44.7 Å². The van der Waals surface area contributed by atoms with Crippen LogP contribution in [0.5, 0.6) is 0 Å². The number of aromatic nitrogens is 1. The molecular formula is C18H28IN5O. The van der Waals surface area contributed by atoms with Crippen LogP contribution in [0.4, 0.5) is 0 Å². The number of halogens is 1. The Morgan fingerprint density at radius 3 is 2.80 bits per heavy atom. The Labute approximate surface area is 166 Å². The molecule has 1 amide bonds. The van der Waals surface area contributed by atoms with Crippen LogP contribution in [0.25, 0.3) is 0 Å². The van der Waals surface area contributed by atoms with Crippen LogP contribution in [0, 0.1) is 5.92 Å². The minimum Gasteiger partial charge on any atom is -0.352 e. The summed E-state index contributed by atoms with van der Waals surface area (Å²) in [5.41, 5.74) is 0.977. The Hall–Kier alpha value is -1.38. The Bertz CT molecular complexity index is 574. The molecule has 1 aliphatic heterocycles. The van der Waals surface area contributed by atoms with E-state index in [1.165, 1.54) is 12.8 Å². The number of aliphatic imine (C=N–C) groups is 1. The van der Waals surface area contributed by atoms with E-state index < -0.39 is 0 Å². The first-order valence-corrected chi connectivity index (χ1v) is 8.92. The fourth-order valence-electron chi connectivity index (χ4n) is 3.57. The van der Waals surface area contributed by atoms with E-state index in [4.69, 9.17) is 0 Å². The van der Waals surface area contributed by atoms with Gasteiger partial charge in [0.15, 0.2) is 5.96 Å². The van der Waals surface area contributed by atoms with Crippen molar-refractivity contribution >= 4 is 35.8 Å². The summed E-state index contributed by atoms with van der Waals surface area (Å²) in [5.74, 6) is 1.39. The topological polar surface area (TPSA) is 69.6 Å². The lowest BCUT2D eigenvalue weighted by atomic mass is 10.1. The molecule has 2 heterocycles. The van der Waals surface area contributed by atoms with E-state index in [2.05, 4.69) is 20.6 Å². The van der Waals surface area contributed by atoms with Crippen molar-refractivity contribution in [1.29, 1.82) is 0 Å². The molecule has 138 valence electrons. The first-order valence-electron chi connectivity index (χ1n) is 8.92. The predicted octanol–water partition coefficient (Wildman–Crippen LogP) is 2.16. The molecule has 1 aromatic rings. The van der Waals surface area contributed by atoms with E-state index in [0.717, 1.165) is 44.0 Å². The highest BCUT2D eigenvalue weighted by molar-refractivity contribution is 14.0. The van der Waals surface area contributed by atoms with Crippen molar-refractivity contribution in [3.63, 3.8) is 0 Å². The SMILES string of the molecule is CN=C(NCc1ccccn1)NC1CCN(C(=O)C2CCCC2)C1.I. The van der Waals surface area contributed by atoms with Crippen LogP contribution < -0.4 is 10.6 Å². The molecule has 6 nitrogen and oxygen atoms in total. The lowest BCUT2D eigenvalue weighted by Crippen LogP contribution is -2.45. The van der Waals surface area contributed by atoms with Crippen molar-refractivity contribution in [3.05, 3.63) is 30.1 Å². The van der Waals surface area contributed by atoms with Gasteiger partial charge in [-0.05, 0) is 31.4 Å². The average Bonchev–Trinajstić information content (AvgIpc) is 3.31. The van der Waals surface area contributed by atoms with E-state index >= 15 is 0 Å². The van der Waals surface area contributed by atoms with Gasteiger partial charge >= 0.3 is 0 Å². The molecule has 1 saturated heterocycles. The molecule has 25 heavy (non-hydrogen) atoms. The third-order valence-corrected chi connectivity index (χ3v) is 4.93. The van der Waals surface area contributed by atoms with Gasteiger partial charge < -0.3 is 15.5 Å². The Morgan fingerprint density at radius 1 is 1.32 bits per heavy atom.